The molecule has 0 fully saturated rings. The number of nitrogens with one attached hydrogen (secondary N) is 3. The van der Waals surface area contributed by atoms with Gasteiger partial charge in [-0.15, -0.1) is 0 Å². The smallest absolute Gasteiger partial charge is 0.255 e. The lowest BCUT2D eigenvalue weighted by Crippen LogP contribution is -2.32. The van der Waals surface area contributed by atoms with E-state index < -0.39 is 0 Å². The number of carbonyl (C=O) groups excluding carboxylic acids is 2. The average Bonchev–Trinajstić information content (AvgIpc) is 3.05. The van der Waals surface area contributed by atoms with Crippen molar-refractivity contribution in [2.24, 2.45) is 0 Å². The van der Waals surface area contributed by atoms with Crippen LogP contribution < -0.4 is 10.6 Å². The number of aromatic nitrogens is 1. The van der Waals surface area contributed by atoms with Crippen molar-refractivity contribution in [1.29, 1.82) is 0 Å². The second-order valence-corrected chi connectivity index (χ2v) is 5.81. The highest BCUT2D eigenvalue weighted by molar-refractivity contribution is 6.00. The van der Waals surface area contributed by atoms with E-state index in [0.717, 1.165) is 16.6 Å². The molecule has 0 spiro atoms. The van der Waals surface area contributed by atoms with Crippen LogP contribution in [0.25, 0.3) is 10.9 Å². The van der Waals surface area contributed by atoms with Crippen LogP contribution >= 0.6 is 0 Å². The molecule has 0 saturated heterocycles. The van der Waals surface area contributed by atoms with E-state index in [1.165, 1.54) is 0 Å². The number of furan rings is 1. The van der Waals surface area contributed by atoms with Crippen LogP contribution in [-0.4, -0.2) is 23.3 Å². The third kappa shape index (κ3) is 3.32. The van der Waals surface area contributed by atoms with Crippen LogP contribution in [0.4, 0.5) is 5.69 Å². The first-order valence-corrected chi connectivity index (χ1v) is 7.67. The molecule has 3 N–H and O–H groups in total. The fourth-order valence-corrected chi connectivity index (χ4v) is 2.67. The van der Waals surface area contributed by atoms with Crippen LogP contribution in [0.1, 0.15) is 27.6 Å². The predicted octanol–water partition coefficient (Wildman–Crippen LogP) is 3.05. The third-order valence-electron chi connectivity index (χ3n) is 3.73. The van der Waals surface area contributed by atoms with Crippen molar-refractivity contribution in [3.63, 3.8) is 0 Å². The molecule has 3 rings (SSSR count). The van der Waals surface area contributed by atoms with E-state index in [2.05, 4.69) is 15.6 Å². The molecule has 0 radical (unpaired) electrons. The van der Waals surface area contributed by atoms with Gasteiger partial charge in [0.05, 0.1) is 12.1 Å². The Bertz CT molecular complexity index is 921. The first-order chi connectivity index (χ1) is 11.4. The number of anilines is 1. The van der Waals surface area contributed by atoms with Crippen molar-refractivity contribution >= 4 is 28.4 Å². The molecule has 2 amide bonds. The summed E-state index contributed by atoms with van der Waals surface area (Å²) < 4.78 is 5.32. The average molecular weight is 325 g/mol. The van der Waals surface area contributed by atoms with E-state index in [4.69, 9.17) is 4.42 Å². The van der Waals surface area contributed by atoms with Gasteiger partial charge in [0.1, 0.15) is 11.5 Å². The summed E-state index contributed by atoms with van der Waals surface area (Å²) in [6.07, 6.45) is 0. The fraction of sp³-hybridized carbons (Fsp3) is 0.222. The summed E-state index contributed by atoms with van der Waals surface area (Å²) in [5.74, 6) is 0.597. The van der Waals surface area contributed by atoms with Gasteiger partial charge in [-0.3, -0.25) is 9.59 Å². The Kier molecular flexibility index (Phi) is 4.12. The number of hydrogen-bond donors (Lipinski definition) is 3. The van der Waals surface area contributed by atoms with E-state index in [0.29, 0.717) is 22.8 Å². The first-order valence-electron chi connectivity index (χ1n) is 7.67. The molecule has 2 aromatic heterocycles. The van der Waals surface area contributed by atoms with Crippen molar-refractivity contribution in [3.05, 3.63) is 53.1 Å². The highest BCUT2D eigenvalue weighted by atomic mass is 16.3. The van der Waals surface area contributed by atoms with E-state index in [1.54, 1.807) is 19.9 Å². The van der Waals surface area contributed by atoms with Gasteiger partial charge in [0.2, 0.25) is 5.91 Å². The van der Waals surface area contributed by atoms with Crippen LogP contribution in [0.3, 0.4) is 0 Å². The lowest BCUT2D eigenvalue weighted by Gasteiger charge is -2.07. The number of H-pyrrole nitrogens is 1. The van der Waals surface area contributed by atoms with Gasteiger partial charge in [0.15, 0.2) is 0 Å². The number of hydrogen-bond acceptors (Lipinski definition) is 3. The lowest BCUT2D eigenvalue weighted by molar-refractivity contribution is -0.115. The summed E-state index contributed by atoms with van der Waals surface area (Å²) in [6.45, 7) is 5.37. The second-order valence-electron chi connectivity index (χ2n) is 5.81. The van der Waals surface area contributed by atoms with Crippen LogP contribution in [0, 0.1) is 20.8 Å². The van der Waals surface area contributed by atoms with Crippen molar-refractivity contribution in [3.8, 4) is 0 Å². The molecule has 3 aromatic rings. The number of aryl methyl sites for hydroxylation is 3. The zero-order valence-corrected chi connectivity index (χ0v) is 13.8. The van der Waals surface area contributed by atoms with Gasteiger partial charge in [0.25, 0.3) is 5.91 Å². The molecule has 0 atom stereocenters. The molecule has 0 aliphatic heterocycles. The molecule has 0 saturated carbocycles. The highest BCUT2D eigenvalue weighted by Gasteiger charge is 2.14. The van der Waals surface area contributed by atoms with E-state index in [1.807, 2.05) is 31.2 Å². The maximum Gasteiger partial charge on any atom is 0.255 e. The third-order valence-corrected chi connectivity index (χ3v) is 3.73. The van der Waals surface area contributed by atoms with Crippen molar-refractivity contribution < 1.29 is 14.0 Å². The molecule has 6 nitrogen and oxygen atoms in total. The minimum atomic E-state index is -0.323. The van der Waals surface area contributed by atoms with Gasteiger partial charge in [-0.25, -0.2) is 0 Å². The van der Waals surface area contributed by atoms with Crippen molar-refractivity contribution in [1.82, 2.24) is 10.3 Å². The van der Waals surface area contributed by atoms with E-state index in [9.17, 15) is 9.59 Å². The molecule has 0 unspecified atom stereocenters. The molecule has 0 aliphatic carbocycles. The van der Waals surface area contributed by atoms with Crippen LogP contribution in [0.15, 0.2) is 34.7 Å². The minimum absolute atomic E-state index is 0.104. The second kappa shape index (κ2) is 6.23. The summed E-state index contributed by atoms with van der Waals surface area (Å²) in [5, 5.41) is 6.40. The normalized spacial score (nSPS) is 10.8. The molecule has 124 valence electrons. The summed E-state index contributed by atoms with van der Waals surface area (Å²) in [5.41, 5.74) is 3.22. The molecule has 6 heteroatoms. The Balaban J connectivity index is 1.60. The number of aromatic amines is 1. The fourth-order valence-electron chi connectivity index (χ4n) is 2.67. The maximum absolute atomic E-state index is 12.1. The van der Waals surface area contributed by atoms with Crippen LogP contribution in [0.2, 0.25) is 0 Å². The molecule has 24 heavy (non-hydrogen) atoms. The van der Waals surface area contributed by atoms with Gasteiger partial charge in [-0.2, -0.15) is 0 Å². The molecular weight excluding hydrogens is 306 g/mol. The number of fused-ring (bicyclic) bond motifs is 1. The first kappa shape index (κ1) is 15.9. The molecule has 0 aliphatic rings. The van der Waals surface area contributed by atoms with Crippen LogP contribution in [0.5, 0.6) is 0 Å². The molecule has 0 bridgehead atoms. The minimum Gasteiger partial charge on any atom is -0.466 e. The summed E-state index contributed by atoms with van der Waals surface area (Å²) in [6, 6.07) is 9.29. The summed E-state index contributed by atoms with van der Waals surface area (Å²) in [4.78, 5) is 27.3. The SMILES string of the molecule is Cc1cc2cc(NC(=O)CNC(=O)c3cc(C)oc3C)ccc2[nH]1. The van der Waals surface area contributed by atoms with Gasteiger partial charge in [-0.1, -0.05) is 0 Å². The maximum atomic E-state index is 12.1. The van der Waals surface area contributed by atoms with E-state index in [-0.39, 0.29) is 18.4 Å². The van der Waals surface area contributed by atoms with Gasteiger partial charge < -0.3 is 20.0 Å². The lowest BCUT2D eigenvalue weighted by atomic mass is 10.2. The van der Waals surface area contributed by atoms with Gasteiger partial charge in [0, 0.05) is 22.3 Å². The Hall–Kier alpha value is -3.02. The predicted molar refractivity (Wildman–Crippen MR) is 92.2 cm³/mol. The zero-order valence-electron chi connectivity index (χ0n) is 13.8. The zero-order chi connectivity index (χ0) is 17.3. The summed E-state index contributed by atoms with van der Waals surface area (Å²) in [7, 11) is 0. The number of benzene rings is 1. The largest absolute Gasteiger partial charge is 0.466 e. The Labute approximate surface area is 139 Å². The standard InChI is InChI=1S/C18H19N3O3/c1-10-6-13-8-14(4-5-16(13)20-10)21-17(22)9-19-18(23)15-7-11(2)24-12(15)3/h4-8,20H,9H2,1-3H3,(H,19,23)(H,21,22). The Morgan fingerprint density at radius 1 is 1.12 bits per heavy atom. The molecule has 2 heterocycles. The quantitative estimate of drug-likeness (QED) is 0.689. The Morgan fingerprint density at radius 2 is 1.92 bits per heavy atom. The van der Waals surface area contributed by atoms with Crippen LogP contribution in [-0.2, 0) is 4.79 Å². The topological polar surface area (TPSA) is 87.1 Å². The van der Waals surface area contributed by atoms with Gasteiger partial charge >= 0.3 is 0 Å². The number of carbonyl (C=O) groups is 2. The van der Waals surface area contributed by atoms with E-state index >= 15 is 0 Å². The van der Waals surface area contributed by atoms with Crippen molar-refractivity contribution in [2.75, 3.05) is 11.9 Å². The summed E-state index contributed by atoms with van der Waals surface area (Å²) >= 11 is 0. The van der Waals surface area contributed by atoms with Crippen molar-refractivity contribution in [2.45, 2.75) is 20.8 Å². The highest BCUT2D eigenvalue weighted by Crippen LogP contribution is 2.19. The Morgan fingerprint density at radius 3 is 2.62 bits per heavy atom. The molecule has 1 aromatic carbocycles. The van der Waals surface area contributed by atoms with Gasteiger partial charge in [-0.05, 0) is 51.1 Å². The number of amides is 2. The number of rotatable bonds is 4. The monoisotopic (exact) mass is 325 g/mol. The molecular formula is C18H19N3O3.